The van der Waals surface area contributed by atoms with Gasteiger partial charge in [0, 0.05) is 39.2 Å². The van der Waals surface area contributed by atoms with Gasteiger partial charge in [0.1, 0.15) is 0 Å². The summed E-state index contributed by atoms with van der Waals surface area (Å²) in [5, 5.41) is 0. The van der Waals surface area contributed by atoms with Gasteiger partial charge in [0.05, 0.1) is 5.60 Å². The fourth-order valence-electron chi connectivity index (χ4n) is 3.00. The lowest BCUT2D eigenvalue weighted by Gasteiger charge is -2.41. The molecule has 1 aliphatic heterocycles. The van der Waals surface area contributed by atoms with Gasteiger partial charge in [-0.2, -0.15) is 0 Å². The Morgan fingerprint density at radius 1 is 1.28 bits per heavy atom. The van der Waals surface area contributed by atoms with Gasteiger partial charge in [0.15, 0.2) is 0 Å². The first-order valence-corrected chi connectivity index (χ1v) is 7.57. The molecule has 0 radical (unpaired) electrons. The molecule has 0 bridgehead atoms. The number of ether oxygens (including phenoxy) is 2. The number of nitrogens with two attached hydrogens (primary N) is 1. The first-order valence-electron chi connectivity index (χ1n) is 7.57. The van der Waals surface area contributed by atoms with E-state index in [0.29, 0.717) is 0 Å². The Morgan fingerprint density at radius 3 is 2.44 bits per heavy atom. The second kappa shape index (κ2) is 8.13. The molecule has 0 amide bonds. The SMILES string of the molecule is CCCCC(CC)CC(N)C1(OC)CCOCC1. The lowest BCUT2D eigenvalue weighted by atomic mass is 9.80. The van der Waals surface area contributed by atoms with E-state index in [1.54, 1.807) is 7.11 Å². The Kier molecular flexibility index (Phi) is 7.20. The molecule has 0 aromatic rings. The smallest absolute Gasteiger partial charge is 0.0872 e. The molecule has 3 nitrogen and oxygen atoms in total. The quantitative estimate of drug-likeness (QED) is 0.726. The third-order valence-corrected chi connectivity index (χ3v) is 4.55. The molecule has 18 heavy (non-hydrogen) atoms. The highest BCUT2D eigenvalue weighted by Crippen LogP contribution is 2.31. The fraction of sp³-hybridized carbons (Fsp3) is 1.00. The number of unbranched alkanes of at least 4 members (excludes halogenated alkanes) is 1. The summed E-state index contributed by atoms with van der Waals surface area (Å²) in [5.41, 5.74) is 6.32. The van der Waals surface area contributed by atoms with Crippen LogP contribution in [0.1, 0.15) is 58.8 Å². The van der Waals surface area contributed by atoms with E-state index in [4.69, 9.17) is 15.2 Å². The van der Waals surface area contributed by atoms with Crippen LogP contribution < -0.4 is 5.73 Å². The minimum atomic E-state index is -0.141. The Labute approximate surface area is 112 Å². The molecule has 1 aliphatic rings. The highest BCUT2D eigenvalue weighted by Gasteiger charge is 2.39. The predicted molar refractivity (Wildman–Crippen MR) is 75.7 cm³/mol. The molecule has 2 N–H and O–H groups in total. The molecule has 1 heterocycles. The van der Waals surface area contributed by atoms with Gasteiger partial charge in [0.2, 0.25) is 0 Å². The van der Waals surface area contributed by atoms with E-state index in [-0.39, 0.29) is 11.6 Å². The first kappa shape index (κ1) is 15.9. The Balaban J connectivity index is 2.51. The highest BCUT2D eigenvalue weighted by atomic mass is 16.5. The normalized spacial score (nSPS) is 22.7. The van der Waals surface area contributed by atoms with Crippen LogP contribution in [0.15, 0.2) is 0 Å². The maximum Gasteiger partial charge on any atom is 0.0872 e. The van der Waals surface area contributed by atoms with Gasteiger partial charge in [-0.25, -0.2) is 0 Å². The summed E-state index contributed by atoms with van der Waals surface area (Å²) < 4.78 is 11.2. The molecule has 2 unspecified atom stereocenters. The summed E-state index contributed by atoms with van der Waals surface area (Å²) in [7, 11) is 1.80. The van der Waals surface area contributed by atoms with Gasteiger partial charge in [-0.05, 0) is 12.3 Å². The van der Waals surface area contributed by atoms with Crippen molar-refractivity contribution in [3.63, 3.8) is 0 Å². The molecule has 0 aromatic carbocycles. The van der Waals surface area contributed by atoms with Crippen molar-refractivity contribution < 1.29 is 9.47 Å². The van der Waals surface area contributed by atoms with E-state index in [1.807, 2.05) is 0 Å². The van der Waals surface area contributed by atoms with Crippen molar-refractivity contribution in [3.8, 4) is 0 Å². The number of methoxy groups -OCH3 is 1. The summed E-state index contributed by atoms with van der Waals surface area (Å²) in [6, 6.07) is 0.146. The molecular formula is C15H31NO2. The van der Waals surface area contributed by atoms with Gasteiger partial charge < -0.3 is 15.2 Å². The lowest BCUT2D eigenvalue weighted by Crippen LogP contribution is -2.53. The largest absolute Gasteiger partial charge is 0.381 e. The fourth-order valence-corrected chi connectivity index (χ4v) is 3.00. The molecule has 0 aliphatic carbocycles. The number of hydrogen-bond acceptors (Lipinski definition) is 3. The third kappa shape index (κ3) is 4.22. The van der Waals surface area contributed by atoms with Crippen molar-refractivity contribution in [1.29, 1.82) is 0 Å². The predicted octanol–water partition coefficient (Wildman–Crippen LogP) is 3.12. The number of rotatable bonds is 8. The molecule has 1 saturated heterocycles. The van der Waals surface area contributed by atoms with Crippen LogP contribution in [-0.4, -0.2) is 32.0 Å². The van der Waals surface area contributed by atoms with E-state index < -0.39 is 0 Å². The summed E-state index contributed by atoms with van der Waals surface area (Å²) in [5.74, 6) is 0.745. The Hall–Kier alpha value is -0.120. The van der Waals surface area contributed by atoms with Crippen LogP contribution >= 0.6 is 0 Å². The van der Waals surface area contributed by atoms with Crippen molar-refractivity contribution in [2.75, 3.05) is 20.3 Å². The average Bonchev–Trinajstić information content (AvgIpc) is 2.43. The van der Waals surface area contributed by atoms with E-state index >= 15 is 0 Å². The average molecular weight is 257 g/mol. The van der Waals surface area contributed by atoms with Crippen LogP contribution in [0.5, 0.6) is 0 Å². The van der Waals surface area contributed by atoms with Gasteiger partial charge >= 0.3 is 0 Å². The molecular weight excluding hydrogens is 226 g/mol. The molecule has 3 heteroatoms. The van der Waals surface area contributed by atoms with Crippen molar-refractivity contribution in [3.05, 3.63) is 0 Å². The first-order chi connectivity index (χ1) is 8.68. The zero-order chi connectivity index (χ0) is 13.4. The molecule has 1 fully saturated rings. The molecule has 0 spiro atoms. The topological polar surface area (TPSA) is 44.5 Å². The zero-order valence-corrected chi connectivity index (χ0v) is 12.4. The third-order valence-electron chi connectivity index (χ3n) is 4.55. The second-order valence-corrected chi connectivity index (χ2v) is 5.64. The Bertz CT molecular complexity index is 215. The summed E-state index contributed by atoms with van der Waals surface area (Å²) >= 11 is 0. The van der Waals surface area contributed by atoms with E-state index in [2.05, 4.69) is 13.8 Å². The molecule has 1 rings (SSSR count). The van der Waals surface area contributed by atoms with Crippen LogP contribution in [0.3, 0.4) is 0 Å². The Morgan fingerprint density at radius 2 is 1.94 bits per heavy atom. The highest BCUT2D eigenvalue weighted by molar-refractivity contribution is 4.93. The molecule has 108 valence electrons. The maximum atomic E-state index is 6.46. The molecule has 0 saturated carbocycles. The van der Waals surface area contributed by atoms with Gasteiger partial charge in [-0.1, -0.05) is 39.5 Å². The number of hydrogen-bond donors (Lipinski definition) is 1. The van der Waals surface area contributed by atoms with Gasteiger partial charge in [-0.3, -0.25) is 0 Å². The van der Waals surface area contributed by atoms with Gasteiger partial charge in [0.25, 0.3) is 0 Å². The van der Waals surface area contributed by atoms with E-state index in [9.17, 15) is 0 Å². The monoisotopic (exact) mass is 257 g/mol. The van der Waals surface area contributed by atoms with Crippen molar-refractivity contribution in [2.45, 2.75) is 70.4 Å². The van der Waals surface area contributed by atoms with Crippen molar-refractivity contribution in [1.82, 2.24) is 0 Å². The second-order valence-electron chi connectivity index (χ2n) is 5.64. The molecule has 2 atom stereocenters. The van der Waals surface area contributed by atoms with Crippen LogP contribution in [-0.2, 0) is 9.47 Å². The zero-order valence-electron chi connectivity index (χ0n) is 12.4. The van der Waals surface area contributed by atoms with E-state index in [0.717, 1.165) is 38.4 Å². The minimum absolute atomic E-state index is 0.141. The van der Waals surface area contributed by atoms with Gasteiger partial charge in [-0.15, -0.1) is 0 Å². The molecule has 0 aromatic heterocycles. The minimum Gasteiger partial charge on any atom is -0.381 e. The van der Waals surface area contributed by atoms with Crippen LogP contribution in [0.2, 0.25) is 0 Å². The lowest BCUT2D eigenvalue weighted by molar-refractivity contribution is -0.107. The maximum absolute atomic E-state index is 6.46. The summed E-state index contributed by atoms with van der Waals surface area (Å²) in [4.78, 5) is 0. The standard InChI is InChI=1S/C15H31NO2/c1-4-6-7-13(5-2)12-14(16)15(17-3)8-10-18-11-9-15/h13-14H,4-12,16H2,1-3H3. The van der Waals surface area contributed by atoms with Crippen LogP contribution in [0.25, 0.3) is 0 Å². The van der Waals surface area contributed by atoms with E-state index in [1.165, 1.54) is 25.7 Å². The van der Waals surface area contributed by atoms with Crippen LogP contribution in [0, 0.1) is 5.92 Å². The van der Waals surface area contributed by atoms with Crippen LogP contribution in [0.4, 0.5) is 0 Å². The summed E-state index contributed by atoms with van der Waals surface area (Å²) in [6.07, 6.45) is 8.08. The van der Waals surface area contributed by atoms with Crippen molar-refractivity contribution in [2.24, 2.45) is 11.7 Å². The summed E-state index contributed by atoms with van der Waals surface area (Å²) in [6.45, 7) is 6.10. The van der Waals surface area contributed by atoms with Crippen molar-refractivity contribution >= 4 is 0 Å².